The summed E-state index contributed by atoms with van der Waals surface area (Å²) in [7, 11) is 1.69. The van der Waals surface area contributed by atoms with E-state index in [9.17, 15) is 4.79 Å². The van der Waals surface area contributed by atoms with Gasteiger partial charge in [0, 0.05) is 25.2 Å². The predicted octanol–water partition coefficient (Wildman–Crippen LogP) is 2.38. The highest BCUT2D eigenvalue weighted by atomic mass is 16.5. The third-order valence-corrected chi connectivity index (χ3v) is 5.94. The molecule has 1 amide bonds. The second kappa shape index (κ2) is 9.39. The average Bonchev–Trinajstić information content (AvgIpc) is 3.25. The number of nitrogens with one attached hydrogen (secondary N) is 3. The minimum atomic E-state index is 0.120. The molecule has 2 aromatic rings. The van der Waals surface area contributed by atoms with Gasteiger partial charge in [-0.25, -0.2) is 10.9 Å². The molecule has 2 saturated heterocycles. The molecule has 0 aromatic heterocycles. The van der Waals surface area contributed by atoms with Crippen molar-refractivity contribution in [1.29, 1.82) is 0 Å². The molecule has 2 fully saturated rings. The topological polar surface area (TPSA) is 65.6 Å². The van der Waals surface area contributed by atoms with E-state index in [1.54, 1.807) is 7.11 Å². The Kier molecular flexibility index (Phi) is 6.44. The molecule has 0 saturated carbocycles. The summed E-state index contributed by atoms with van der Waals surface area (Å²) in [4.78, 5) is 14.8. The van der Waals surface area contributed by atoms with Crippen LogP contribution in [-0.4, -0.2) is 43.2 Å². The van der Waals surface area contributed by atoms with E-state index in [1.807, 2.05) is 42.5 Å². The number of nitrogens with zero attached hydrogens (tertiary/aromatic N) is 1. The van der Waals surface area contributed by atoms with Gasteiger partial charge < -0.3 is 10.1 Å². The molecule has 6 heteroatoms. The van der Waals surface area contributed by atoms with Crippen molar-refractivity contribution < 1.29 is 9.53 Å². The minimum Gasteiger partial charge on any atom is -0.497 e. The van der Waals surface area contributed by atoms with Crippen LogP contribution in [0.4, 0.5) is 0 Å². The number of hydrogen-bond donors (Lipinski definition) is 3. The van der Waals surface area contributed by atoms with Crippen LogP contribution >= 0.6 is 0 Å². The van der Waals surface area contributed by atoms with Gasteiger partial charge in [-0.2, -0.15) is 0 Å². The molecule has 154 valence electrons. The van der Waals surface area contributed by atoms with E-state index in [1.165, 1.54) is 5.56 Å². The number of hydrazine groups is 1. The maximum Gasteiger partial charge on any atom is 0.224 e. The quantitative estimate of drug-likeness (QED) is 0.702. The summed E-state index contributed by atoms with van der Waals surface area (Å²) >= 11 is 0. The van der Waals surface area contributed by atoms with Gasteiger partial charge >= 0.3 is 0 Å². The molecule has 0 bridgehead atoms. The number of piperidine rings is 1. The highest BCUT2D eigenvalue weighted by molar-refractivity contribution is 5.78. The van der Waals surface area contributed by atoms with Crippen molar-refractivity contribution in [2.75, 3.05) is 20.2 Å². The fourth-order valence-electron chi connectivity index (χ4n) is 4.25. The van der Waals surface area contributed by atoms with Gasteiger partial charge in [-0.15, -0.1) is 0 Å². The van der Waals surface area contributed by atoms with Gasteiger partial charge in [-0.3, -0.25) is 9.69 Å². The molecule has 2 atom stereocenters. The van der Waals surface area contributed by atoms with Crippen molar-refractivity contribution >= 4 is 5.91 Å². The number of ether oxygens (including phenoxy) is 1. The Bertz CT molecular complexity index is 788. The SMILES string of the molecule is COc1ccc(C2CC(N3CCC(NC(=O)Cc4ccccc4)CC3)NN2)cc1. The fourth-order valence-corrected chi connectivity index (χ4v) is 4.25. The van der Waals surface area contributed by atoms with E-state index in [0.29, 0.717) is 18.6 Å². The molecule has 29 heavy (non-hydrogen) atoms. The van der Waals surface area contributed by atoms with Crippen LogP contribution in [0, 0.1) is 0 Å². The van der Waals surface area contributed by atoms with Gasteiger partial charge in [-0.1, -0.05) is 42.5 Å². The smallest absolute Gasteiger partial charge is 0.224 e. The number of rotatable bonds is 6. The number of carbonyl (C=O) groups excluding carboxylic acids is 1. The third kappa shape index (κ3) is 5.15. The monoisotopic (exact) mass is 394 g/mol. The second-order valence-electron chi connectivity index (χ2n) is 7.91. The van der Waals surface area contributed by atoms with Gasteiger partial charge in [0.2, 0.25) is 5.91 Å². The highest BCUT2D eigenvalue weighted by Crippen LogP contribution is 2.27. The Morgan fingerprint density at radius 2 is 1.79 bits per heavy atom. The molecule has 2 aliphatic heterocycles. The lowest BCUT2D eigenvalue weighted by molar-refractivity contribution is -0.121. The lowest BCUT2D eigenvalue weighted by Gasteiger charge is -2.35. The summed E-state index contributed by atoms with van der Waals surface area (Å²) in [5, 5.41) is 3.21. The number of hydrogen-bond acceptors (Lipinski definition) is 5. The summed E-state index contributed by atoms with van der Waals surface area (Å²) in [5.74, 6) is 1.00. The number of amides is 1. The summed E-state index contributed by atoms with van der Waals surface area (Å²) in [6.07, 6.45) is 3.79. The minimum absolute atomic E-state index is 0.120. The zero-order valence-electron chi connectivity index (χ0n) is 16.9. The summed E-state index contributed by atoms with van der Waals surface area (Å²) in [6.45, 7) is 1.98. The Hall–Kier alpha value is -2.41. The lowest BCUT2D eigenvalue weighted by Crippen LogP contribution is -2.51. The summed E-state index contributed by atoms with van der Waals surface area (Å²) in [6, 6.07) is 18.8. The Labute approximate surface area is 172 Å². The largest absolute Gasteiger partial charge is 0.497 e. The molecule has 2 aliphatic rings. The van der Waals surface area contributed by atoms with Gasteiger partial charge in [0.05, 0.1) is 19.7 Å². The zero-order chi connectivity index (χ0) is 20.1. The first-order valence-corrected chi connectivity index (χ1v) is 10.4. The van der Waals surface area contributed by atoms with Gasteiger partial charge in [0.25, 0.3) is 0 Å². The maximum atomic E-state index is 12.3. The van der Waals surface area contributed by atoms with Crippen LogP contribution in [-0.2, 0) is 11.2 Å². The van der Waals surface area contributed by atoms with Crippen LogP contribution in [0.3, 0.4) is 0 Å². The van der Waals surface area contributed by atoms with E-state index >= 15 is 0 Å². The molecule has 6 nitrogen and oxygen atoms in total. The highest BCUT2D eigenvalue weighted by Gasteiger charge is 2.32. The Morgan fingerprint density at radius 1 is 1.07 bits per heavy atom. The standard InChI is InChI=1S/C23H30N4O2/c1-29-20-9-7-18(8-10-20)21-16-22(26-25-21)27-13-11-19(12-14-27)24-23(28)15-17-5-3-2-4-6-17/h2-10,19,21-22,25-26H,11-16H2,1H3,(H,24,28). The van der Waals surface area contributed by atoms with Crippen molar-refractivity contribution in [2.45, 2.75) is 43.9 Å². The van der Waals surface area contributed by atoms with E-state index in [4.69, 9.17) is 4.74 Å². The second-order valence-corrected chi connectivity index (χ2v) is 7.91. The number of methoxy groups -OCH3 is 1. The molecule has 0 radical (unpaired) electrons. The lowest BCUT2D eigenvalue weighted by atomic mass is 10.0. The Balaban J connectivity index is 1.22. The van der Waals surface area contributed by atoms with E-state index in [0.717, 1.165) is 43.7 Å². The number of carbonyl (C=O) groups is 1. The van der Waals surface area contributed by atoms with Crippen LogP contribution in [0.25, 0.3) is 0 Å². The molecule has 0 spiro atoms. The van der Waals surface area contributed by atoms with Crippen molar-refractivity contribution in [2.24, 2.45) is 0 Å². The summed E-state index contributed by atoms with van der Waals surface area (Å²) < 4.78 is 5.24. The van der Waals surface area contributed by atoms with Crippen LogP contribution in [0.15, 0.2) is 54.6 Å². The molecule has 0 aliphatic carbocycles. The fraction of sp³-hybridized carbons (Fsp3) is 0.435. The molecule has 2 heterocycles. The van der Waals surface area contributed by atoms with Crippen LogP contribution in [0.1, 0.15) is 36.4 Å². The van der Waals surface area contributed by atoms with Crippen molar-refractivity contribution in [3.63, 3.8) is 0 Å². The molecular weight excluding hydrogens is 364 g/mol. The molecule has 2 unspecified atom stereocenters. The third-order valence-electron chi connectivity index (χ3n) is 5.94. The molecule has 2 aromatic carbocycles. The average molecular weight is 395 g/mol. The van der Waals surface area contributed by atoms with Crippen molar-refractivity contribution in [3.05, 3.63) is 65.7 Å². The summed E-state index contributed by atoms with van der Waals surface area (Å²) in [5.41, 5.74) is 9.21. The normalized spacial score (nSPS) is 23.1. The number of likely N-dealkylation sites (tertiary alicyclic amines) is 1. The zero-order valence-corrected chi connectivity index (χ0v) is 16.9. The first-order valence-electron chi connectivity index (χ1n) is 10.4. The van der Waals surface area contributed by atoms with E-state index in [2.05, 4.69) is 33.2 Å². The van der Waals surface area contributed by atoms with Gasteiger partial charge in [-0.05, 0) is 42.5 Å². The van der Waals surface area contributed by atoms with Gasteiger partial charge in [0.15, 0.2) is 0 Å². The van der Waals surface area contributed by atoms with Crippen LogP contribution in [0.2, 0.25) is 0 Å². The first kappa shape index (κ1) is 19.9. The van der Waals surface area contributed by atoms with Crippen molar-refractivity contribution in [1.82, 2.24) is 21.1 Å². The van der Waals surface area contributed by atoms with Crippen LogP contribution in [0.5, 0.6) is 5.75 Å². The Morgan fingerprint density at radius 3 is 2.48 bits per heavy atom. The first-order chi connectivity index (χ1) is 14.2. The molecule has 4 rings (SSSR count). The molecular formula is C23H30N4O2. The van der Waals surface area contributed by atoms with Gasteiger partial charge in [0.1, 0.15) is 5.75 Å². The van der Waals surface area contributed by atoms with E-state index < -0.39 is 0 Å². The van der Waals surface area contributed by atoms with Crippen LogP contribution < -0.4 is 20.9 Å². The van der Waals surface area contributed by atoms with Crippen molar-refractivity contribution in [3.8, 4) is 5.75 Å². The predicted molar refractivity (Wildman–Crippen MR) is 113 cm³/mol. The van der Waals surface area contributed by atoms with E-state index in [-0.39, 0.29) is 11.9 Å². The number of benzene rings is 2. The molecule has 3 N–H and O–H groups in total. The maximum absolute atomic E-state index is 12.3.